The van der Waals surface area contributed by atoms with E-state index < -0.39 is 0 Å². The number of carbonyl (C=O) groups is 1. The van der Waals surface area contributed by atoms with Gasteiger partial charge in [0.2, 0.25) is 0 Å². The number of amides is 1. The van der Waals surface area contributed by atoms with Crippen molar-refractivity contribution in [1.29, 1.82) is 0 Å². The molecule has 1 aromatic heterocycles. The fourth-order valence-electron chi connectivity index (χ4n) is 2.57. The Morgan fingerprint density at radius 3 is 2.62 bits per heavy atom. The average Bonchev–Trinajstić information content (AvgIpc) is 3.16. The molecule has 1 amide bonds. The first-order valence-electron chi connectivity index (χ1n) is 8.19. The summed E-state index contributed by atoms with van der Waals surface area (Å²) >= 11 is 1.52. The number of hydrogen-bond donors (Lipinski definition) is 1. The van der Waals surface area contributed by atoms with Crippen molar-refractivity contribution in [2.75, 3.05) is 5.32 Å². The third kappa shape index (κ3) is 3.73. The number of nitrogens with one attached hydrogen (secondary N) is 1. The molecule has 0 spiro atoms. The lowest BCUT2D eigenvalue weighted by Gasteiger charge is -2.08. The first-order chi connectivity index (χ1) is 12.8. The van der Waals surface area contributed by atoms with E-state index in [1.165, 1.54) is 11.3 Å². The lowest BCUT2D eigenvalue weighted by atomic mass is 10.2. The Balaban J connectivity index is 1.39. The minimum Gasteiger partial charge on any atom is -0.489 e. The van der Waals surface area contributed by atoms with E-state index >= 15 is 0 Å². The number of thiazole rings is 1. The molecule has 26 heavy (non-hydrogen) atoms. The molecule has 0 bridgehead atoms. The summed E-state index contributed by atoms with van der Waals surface area (Å²) in [6.07, 6.45) is 0. The van der Waals surface area contributed by atoms with Gasteiger partial charge in [-0.25, -0.2) is 4.98 Å². The van der Waals surface area contributed by atoms with Crippen LogP contribution in [0.3, 0.4) is 0 Å². The summed E-state index contributed by atoms with van der Waals surface area (Å²) < 4.78 is 6.76. The van der Waals surface area contributed by atoms with Crippen molar-refractivity contribution in [2.45, 2.75) is 6.61 Å². The maximum Gasteiger partial charge on any atom is 0.255 e. The van der Waals surface area contributed by atoms with E-state index in [9.17, 15) is 4.79 Å². The zero-order valence-electron chi connectivity index (χ0n) is 13.9. The molecule has 1 heterocycles. The lowest BCUT2D eigenvalue weighted by Crippen LogP contribution is -2.11. The standard InChI is InChI=1S/C21H16N2O2S/c24-21(16-6-11-19-20(12-16)26-14-22-19)23-17-7-9-18(10-8-17)25-13-15-4-2-1-3-5-15/h1-12,14H,13H2,(H,23,24). The van der Waals surface area contributed by atoms with Crippen molar-refractivity contribution < 1.29 is 9.53 Å². The summed E-state index contributed by atoms with van der Waals surface area (Å²) in [7, 11) is 0. The topological polar surface area (TPSA) is 51.2 Å². The predicted molar refractivity (Wildman–Crippen MR) is 105 cm³/mol. The maximum atomic E-state index is 12.4. The monoisotopic (exact) mass is 360 g/mol. The zero-order valence-corrected chi connectivity index (χ0v) is 14.7. The van der Waals surface area contributed by atoms with E-state index in [2.05, 4.69) is 10.3 Å². The van der Waals surface area contributed by atoms with Crippen molar-refractivity contribution in [3.05, 3.63) is 89.4 Å². The van der Waals surface area contributed by atoms with Gasteiger partial charge in [-0.2, -0.15) is 0 Å². The van der Waals surface area contributed by atoms with Crippen molar-refractivity contribution in [3.8, 4) is 5.75 Å². The summed E-state index contributed by atoms with van der Waals surface area (Å²) in [6, 6.07) is 22.9. The Bertz CT molecular complexity index is 1030. The number of aromatic nitrogens is 1. The minimum atomic E-state index is -0.141. The molecule has 0 aliphatic rings. The van der Waals surface area contributed by atoms with Gasteiger partial charge in [0.05, 0.1) is 15.7 Å². The molecule has 3 aromatic carbocycles. The lowest BCUT2D eigenvalue weighted by molar-refractivity contribution is 0.102. The molecule has 0 saturated heterocycles. The van der Waals surface area contributed by atoms with Gasteiger partial charge < -0.3 is 10.1 Å². The molecule has 128 valence electrons. The SMILES string of the molecule is O=C(Nc1ccc(OCc2ccccc2)cc1)c1ccc2ncsc2c1. The molecule has 5 heteroatoms. The van der Waals surface area contributed by atoms with Crippen molar-refractivity contribution in [1.82, 2.24) is 4.98 Å². The summed E-state index contributed by atoms with van der Waals surface area (Å²) in [5.41, 5.74) is 5.15. The van der Waals surface area contributed by atoms with Crippen LogP contribution in [0, 0.1) is 0 Å². The molecule has 4 aromatic rings. The summed E-state index contributed by atoms with van der Waals surface area (Å²) in [5.74, 6) is 0.621. The van der Waals surface area contributed by atoms with Crippen LogP contribution >= 0.6 is 11.3 Å². The molecule has 4 nitrogen and oxygen atoms in total. The van der Waals surface area contributed by atoms with Gasteiger partial charge in [0, 0.05) is 11.3 Å². The van der Waals surface area contributed by atoms with Gasteiger partial charge in [0.1, 0.15) is 12.4 Å². The summed E-state index contributed by atoms with van der Waals surface area (Å²) in [6.45, 7) is 0.515. The normalized spacial score (nSPS) is 10.6. The average molecular weight is 360 g/mol. The van der Waals surface area contributed by atoms with Gasteiger partial charge in [-0.05, 0) is 48.0 Å². The smallest absolute Gasteiger partial charge is 0.255 e. The van der Waals surface area contributed by atoms with Gasteiger partial charge in [0.25, 0.3) is 5.91 Å². The Labute approximate surface area is 155 Å². The largest absolute Gasteiger partial charge is 0.489 e. The van der Waals surface area contributed by atoms with Gasteiger partial charge >= 0.3 is 0 Å². The maximum absolute atomic E-state index is 12.4. The van der Waals surface area contributed by atoms with Gasteiger partial charge in [0.15, 0.2) is 0 Å². The van der Waals surface area contributed by atoms with E-state index in [-0.39, 0.29) is 5.91 Å². The number of fused-ring (bicyclic) bond motifs is 1. The molecule has 0 fully saturated rings. The number of anilines is 1. The number of hydrogen-bond acceptors (Lipinski definition) is 4. The Morgan fingerprint density at radius 1 is 1.00 bits per heavy atom. The Morgan fingerprint density at radius 2 is 1.81 bits per heavy atom. The summed E-state index contributed by atoms with van der Waals surface area (Å²) in [4.78, 5) is 16.6. The van der Waals surface area contributed by atoms with Crippen LogP contribution in [0.15, 0.2) is 78.3 Å². The van der Waals surface area contributed by atoms with Crippen LogP contribution in [0.4, 0.5) is 5.69 Å². The molecular formula is C21H16N2O2S. The quantitative estimate of drug-likeness (QED) is 0.537. The number of rotatable bonds is 5. The highest BCUT2D eigenvalue weighted by Gasteiger charge is 2.08. The molecule has 4 rings (SSSR count). The minimum absolute atomic E-state index is 0.141. The Kier molecular flexibility index (Phi) is 4.62. The fraction of sp³-hybridized carbons (Fsp3) is 0.0476. The van der Waals surface area contributed by atoms with E-state index in [1.54, 1.807) is 11.6 Å². The molecule has 0 unspecified atom stereocenters. The van der Waals surface area contributed by atoms with E-state index in [0.717, 1.165) is 27.2 Å². The first-order valence-corrected chi connectivity index (χ1v) is 9.07. The highest BCUT2D eigenvalue weighted by Crippen LogP contribution is 2.21. The van der Waals surface area contributed by atoms with Gasteiger partial charge in [-0.3, -0.25) is 4.79 Å². The second-order valence-corrected chi connectivity index (χ2v) is 6.67. The number of benzene rings is 3. The third-order valence-electron chi connectivity index (χ3n) is 3.95. The van der Waals surface area contributed by atoms with E-state index in [0.29, 0.717) is 12.2 Å². The second-order valence-electron chi connectivity index (χ2n) is 5.79. The Hall–Kier alpha value is -3.18. The first kappa shape index (κ1) is 16.3. The van der Waals surface area contributed by atoms with Gasteiger partial charge in [-0.1, -0.05) is 30.3 Å². The van der Waals surface area contributed by atoms with E-state index in [4.69, 9.17) is 4.74 Å². The molecule has 0 radical (unpaired) electrons. The number of carbonyl (C=O) groups excluding carboxylic acids is 1. The van der Waals surface area contributed by atoms with Crippen LogP contribution < -0.4 is 10.1 Å². The molecule has 1 N–H and O–H groups in total. The second kappa shape index (κ2) is 7.37. The fourth-order valence-corrected chi connectivity index (χ4v) is 3.29. The molecule has 0 atom stereocenters. The van der Waals surface area contributed by atoms with E-state index in [1.807, 2.05) is 66.7 Å². The van der Waals surface area contributed by atoms with Crippen LogP contribution in [0.2, 0.25) is 0 Å². The van der Waals surface area contributed by atoms with Crippen LogP contribution in [-0.2, 0) is 6.61 Å². The molecule has 0 aliphatic heterocycles. The highest BCUT2D eigenvalue weighted by atomic mass is 32.1. The molecule has 0 aliphatic carbocycles. The number of nitrogens with zero attached hydrogens (tertiary/aromatic N) is 1. The highest BCUT2D eigenvalue weighted by molar-refractivity contribution is 7.16. The number of ether oxygens (including phenoxy) is 1. The van der Waals surface area contributed by atoms with Crippen molar-refractivity contribution in [2.24, 2.45) is 0 Å². The van der Waals surface area contributed by atoms with Crippen LogP contribution in [0.5, 0.6) is 5.75 Å². The van der Waals surface area contributed by atoms with Crippen LogP contribution in [-0.4, -0.2) is 10.9 Å². The van der Waals surface area contributed by atoms with Crippen molar-refractivity contribution >= 4 is 33.1 Å². The molecular weight excluding hydrogens is 344 g/mol. The van der Waals surface area contributed by atoms with Crippen LogP contribution in [0.25, 0.3) is 10.2 Å². The van der Waals surface area contributed by atoms with Crippen LogP contribution in [0.1, 0.15) is 15.9 Å². The van der Waals surface area contributed by atoms with Crippen molar-refractivity contribution in [3.63, 3.8) is 0 Å². The zero-order chi connectivity index (χ0) is 17.8. The molecule has 0 saturated carbocycles. The van der Waals surface area contributed by atoms with Gasteiger partial charge in [-0.15, -0.1) is 11.3 Å². The summed E-state index contributed by atoms with van der Waals surface area (Å²) in [5, 5.41) is 2.91. The predicted octanol–water partition coefficient (Wildman–Crippen LogP) is 5.13. The third-order valence-corrected chi connectivity index (χ3v) is 4.75.